The quantitative estimate of drug-likeness (QED) is 0.769. The number of aryl methyl sites for hydroxylation is 1. The van der Waals surface area contributed by atoms with Gasteiger partial charge in [0.1, 0.15) is 11.3 Å². The van der Waals surface area contributed by atoms with Crippen molar-refractivity contribution in [2.45, 2.75) is 6.92 Å². The van der Waals surface area contributed by atoms with Crippen molar-refractivity contribution in [3.05, 3.63) is 64.0 Å². The van der Waals surface area contributed by atoms with Gasteiger partial charge < -0.3 is 5.32 Å². The Morgan fingerprint density at radius 3 is 2.71 bits per heavy atom. The van der Waals surface area contributed by atoms with Gasteiger partial charge in [0.25, 0.3) is 5.91 Å². The number of carbonyl (C=O) groups excluding carboxylic acids is 1. The van der Waals surface area contributed by atoms with E-state index in [0.717, 1.165) is 0 Å². The van der Waals surface area contributed by atoms with E-state index in [0.29, 0.717) is 32.8 Å². The summed E-state index contributed by atoms with van der Waals surface area (Å²) >= 11 is 12.0. The maximum absolute atomic E-state index is 12.5. The Balaban J connectivity index is 2.04. The van der Waals surface area contributed by atoms with Gasteiger partial charge in [0.2, 0.25) is 0 Å². The highest BCUT2D eigenvalue weighted by molar-refractivity contribution is 6.34. The lowest BCUT2D eigenvalue weighted by Crippen LogP contribution is -2.15. The van der Waals surface area contributed by atoms with Gasteiger partial charge in [0.05, 0.1) is 21.4 Å². The molecule has 21 heavy (non-hydrogen) atoms. The van der Waals surface area contributed by atoms with Crippen LogP contribution in [0.5, 0.6) is 0 Å². The molecule has 106 valence electrons. The van der Waals surface area contributed by atoms with Crippen LogP contribution in [-0.2, 0) is 0 Å². The molecule has 2 aromatic heterocycles. The first-order valence-corrected chi connectivity index (χ1v) is 7.02. The SMILES string of the molecule is Cc1nc2ccc(Cl)cn2c1C(=O)Nc1ccccc1Cl. The number of benzene rings is 1. The second-order valence-corrected chi connectivity index (χ2v) is 5.40. The molecule has 0 radical (unpaired) electrons. The van der Waals surface area contributed by atoms with Gasteiger partial charge in [0.15, 0.2) is 0 Å². The molecule has 0 aliphatic heterocycles. The molecule has 1 amide bonds. The van der Waals surface area contributed by atoms with E-state index in [1.54, 1.807) is 53.9 Å². The number of hydrogen-bond donors (Lipinski definition) is 1. The van der Waals surface area contributed by atoms with Crippen molar-refractivity contribution in [3.63, 3.8) is 0 Å². The van der Waals surface area contributed by atoms with Crippen molar-refractivity contribution in [1.29, 1.82) is 0 Å². The normalized spacial score (nSPS) is 10.8. The summed E-state index contributed by atoms with van der Waals surface area (Å²) in [5.41, 5.74) is 2.29. The van der Waals surface area contributed by atoms with E-state index in [2.05, 4.69) is 10.3 Å². The predicted octanol–water partition coefficient (Wildman–Crippen LogP) is 4.20. The molecule has 0 unspecified atom stereocenters. The van der Waals surface area contributed by atoms with Gasteiger partial charge in [-0.1, -0.05) is 35.3 Å². The number of carbonyl (C=O) groups is 1. The second-order valence-electron chi connectivity index (χ2n) is 4.56. The van der Waals surface area contributed by atoms with Gasteiger partial charge in [-0.25, -0.2) is 4.98 Å². The van der Waals surface area contributed by atoms with Gasteiger partial charge in [-0.05, 0) is 31.2 Å². The summed E-state index contributed by atoms with van der Waals surface area (Å²) in [7, 11) is 0. The number of aromatic nitrogens is 2. The van der Waals surface area contributed by atoms with Gasteiger partial charge in [-0.2, -0.15) is 0 Å². The lowest BCUT2D eigenvalue weighted by atomic mass is 10.3. The molecule has 0 aliphatic rings. The molecule has 2 heterocycles. The predicted molar refractivity (Wildman–Crippen MR) is 84.3 cm³/mol. The van der Waals surface area contributed by atoms with E-state index in [4.69, 9.17) is 23.2 Å². The lowest BCUT2D eigenvalue weighted by Gasteiger charge is -2.07. The van der Waals surface area contributed by atoms with Crippen LogP contribution in [0.4, 0.5) is 5.69 Å². The number of hydrogen-bond acceptors (Lipinski definition) is 2. The zero-order valence-electron chi connectivity index (χ0n) is 11.1. The summed E-state index contributed by atoms with van der Waals surface area (Å²) in [5, 5.41) is 3.81. The minimum absolute atomic E-state index is 0.282. The van der Waals surface area contributed by atoms with Gasteiger partial charge in [0, 0.05) is 6.20 Å². The number of anilines is 1. The van der Waals surface area contributed by atoms with E-state index >= 15 is 0 Å². The van der Waals surface area contributed by atoms with Crippen molar-refractivity contribution in [2.24, 2.45) is 0 Å². The van der Waals surface area contributed by atoms with Crippen LogP contribution in [0.1, 0.15) is 16.2 Å². The Morgan fingerprint density at radius 2 is 1.95 bits per heavy atom. The van der Waals surface area contributed by atoms with Crippen LogP contribution < -0.4 is 5.32 Å². The fourth-order valence-corrected chi connectivity index (χ4v) is 2.50. The van der Waals surface area contributed by atoms with E-state index < -0.39 is 0 Å². The molecule has 0 bridgehead atoms. The van der Waals surface area contributed by atoms with Gasteiger partial charge >= 0.3 is 0 Å². The first kappa shape index (κ1) is 13.9. The summed E-state index contributed by atoms with van der Waals surface area (Å²) in [4.78, 5) is 16.8. The average Bonchev–Trinajstić information content (AvgIpc) is 2.76. The molecule has 6 heteroatoms. The molecule has 3 rings (SSSR count). The van der Waals surface area contributed by atoms with E-state index in [1.807, 2.05) is 0 Å². The molecule has 0 atom stereocenters. The number of rotatable bonds is 2. The topological polar surface area (TPSA) is 46.4 Å². The average molecular weight is 320 g/mol. The second kappa shape index (κ2) is 5.39. The fourth-order valence-electron chi connectivity index (χ4n) is 2.15. The van der Waals surface area contributed by atoms with Crippen molar-refractivity contribution < 1.29 is 4.79 Å². The van der Waals surface area contributed by atoms with Crippen LogP contribution >= 0.6 is 23.2 Å². The van der Waals surface area contributed by atoms with Crippen LogP contribution in [0.25, 0.3) is 5.65 Å². The number of nitrogens with one attached hydrogen (secondary N) is 1. The van der Waals surface area contributed by atoms with Crippen molar-refractivity contribution in [3.8, 4) is 0 Å². The number of halogens is 2. The van der Waals surface area contributed by atoms with Crippen molar-refractivity contribution in [2.75, 3.05) is 5.32 Å². The molecule has 0 saturated heterocycles. The Hall–Kier alpha value is -2.04. The monoisotopic (exact) mass is 319 g/mol. The molecule has 3 aromatic rings. The Labute approximate surface area is 131 Å². The van der Waals surface area contributed by atoms with Crippen molar-refractivity contribution >= 4 is 40.4 Å². The summed E-state index contributed by atoms with van der Waals surface area (Å²) in [6, 6.07) is 10.6. The highest BCUT2D eigenvalue weighted by Crippen LogP contribution is 2.22. The molecular formula is C15H11Cl2N3O. The first-order valence-electron chi connectivity index (χ1n) is 6.26. The van der Waals surface area contributed by atoms with Crippen LogP contribution in [0.2, 0.25) is 10.0 Å². The van der Waals surface area contributed by atoms with E-state index in [-0.39, 0.29) is 5.91 Å². The van der Waals surface area contributed by atoms with Crippen LogP contribution in [0.15, 0.2) is 42.6 Å². The summed E-state index contributed by atoms with van der Waals surface area (Å²) in [5.74, 6) is -0.282. The number of fused-ring (bicyclic) bond motifs is 1. The van der Waals surface area contributed by atoms with E-state index in [1.165, 1.54) is 0 Å². The third-order valence-electron chi connectivity index (χ3n) is 3.09. The minimum Gasteiger partial charge on any atom is -0.319 e. The zero-order chi connectivity index (χ0) is 15.0. The highest BCUT2D eigenvalue weighted by atomic mass is 35.5. The number of para-hydroxylation sites is 1. The van der Waals surface area contributed by atoms with Crippen molar-refractivity contribution in [1.82, 2.24) is 9.38 Å². The first-order chi connectivity index (χ1) is 10.1. The maximum atomic E-state index is 12.5. The standard InChI is InChI=1S/C15H11Cl2N3O/c1-9-14(20-8-10(16)6-7-13(20)18-9)15(21)19-12-5-3-2-4-11(12)17/h2-8H,1H3,(H,19,21). The third-order valence-corrected chi connectivity index (χ3v) is 3.65. The fraction of sp³-hybridized carbons (Fsp3) is 0.0667. The van der Waals surface area contributed by atoms with Crippen LogP contribution in [0, 0.1) is 6.92 Å². The van der Waals surface area contributed by atoms with Gasteiger partial charge in [-0.15, -0.1) is 0 Å². The molecule has 0 spiro atoms. The van der Waals surface area contributed by atoms with Crippen LogP contribution in [0.3, 0.4) is 0 Å². The molecule has 1 N–H and O–H groups in total. The molecule has 0 fully saturated rings. The van der Waals surface area contributed by atoms with E-state index in [9.17, 15) is 4.79 Å². The summed E-state index contributed by atoms with van der Waals surface area (Å²) in [6.45, 7) is 1.78. The molecule has 1 aromatic carbocycles. The smallest absolute Gasteiger partial charge is 0.274 e. The number of pyridine rings is 1. The third kappa shape index (κ3) is 2.60. The largest absolute Gasteiger partial charge is 0.319 e. The Morgan fingerprint density at radius 1 is 1.19 bits per heavy atom. The zero-order valence-corrected chi connectivity index (χ0v) is 12.6. The summed E-state index contributed by atoms with van der Waals surface area (Å²) in [6.07, 6.45) is 1.67. The maximum Gasteiger partial charge on any atom is 0.274 e. The number of imidazole rings is 1. The Bertz CT molecular complexity index is 842. The molecular weight excluding hydrogens is 309 g/mol. The molecule has 4 nitrogen and oxygen atoms in total. The summed E-state index contributed by atoms with van der Waals surface area (Å²) < 4.78 is 1.67. The minimum atomic E-state index is -0.282. The molecule has 0 saturated carbocycles. The Kier molecular flexibility index (Phi) is 3.57. The molecule has 0 aliphatic carbocycles. The number of amides is 1. The van der Waals surface area contributed by atoms with Crippen LogP contribution in [-0.4, -0.2) is 15.3 Å². The highest BCUT2D eigenvalue weighted by Gasteiger charge is 2.17. The van der Waals surface area contributed by atoms with Gasteiger partial charge in [-0.3, -0.25) is 9.20 Å². The lowest BCUT2D eigenvalue weighted by molar-refractivity contribution is 0.102. The number of nitrogens with zero attached hydrogens (tertiary/aromatic N) is 2.